The molecule has 6 rings (SSSR count). The molecule has 5 nitrogen and oxygen atoms in total. The van der Waals surface area contributed by atoms with Gasteiger partial charge in [0.15, 0.2) is 0 Å². The molecule has 0 unspecified atom stereocenters. The monoisotopic (exact) mass is 336 g/mol. The first-order valence-corrected chi connectivity index (χ1v) is 9.42. The van der Waals surface area contributed by atoms with Crippen LogP contribution in [0.3, 0.4) is 0 Å². The highest BCUT2D eigenvalue weighted by Crippen LogP contribution is 2.59. The van der Waals surface area contributed by atoms with Gasteiger partial charge >= 0.3 is 0 Å². The third-order valence-electron chi connectivity index (χ3n) is 6.57. The Labute approximate surface area is 147 Å². The highest BCUT2D eigenvalue weighted by atomic mass is 16.1. The SMILES string of the molecule is O=C(NCC12CC3CC(CC(C3)C1)C2)c1ccc(-n2ccnc2)nc1. The van der Waals surface area contributed by atoms with Crippen LogP contribution in [-0.2, 0) is 0 Å². The van der Waals surface area contributed by atoms with Gasteiger partial charge in [-0.15, -0.1) is 0 Å². The third kappa shape index (κ3) is 2.75. The van der Waals surface area contributed by atoms with Crippen molar-refractivity contribution in [2.45, 2.75) is 38.5 Å². The van der Waals surface area contributed by atoms with Crippen LogP contribution >= 0.6 is 0 Å². The van der Waals surface area contributed by atoms with Crippen molar-refractivity contribution in [3.63, 3.8) is 0 Å². The Morgan fingerprint density at radius 3 is 2.44 bits per heavy atom. The van der Waals surface area contributed by atoms with Gasteiger partial charge in [0.1, 0.15) is 12.1 Å². The third-order valence-corrected chi connectivity index (χ3v) is 6.57. The van der Waals surface area contributed by atoms with Crippen LogP contribution in [0, 0.1) is 23.2 Å². The van der Waals surface area contributed by atoms with Crippen molar-refractivity contribution in [2.75, 3.05) is 6.54 Å². The molecular weight excluding hydrogens is 312 g/mol. The molecule has 2 heterocycles. The first-order chi connectivity index (χ1) is 12.2. The maximum atomic E-state index is 12.6. The number of carbonyl (C=O) groups is 1. The number of imidazole rings is 1. The maximum Gasteiger partial charge on any atom is 0.252 e. The molecule has 0 spiro atoms. The summed E-state index contributed by atoms with van der Waals surface area (Å²) in [6.07, 6.45) is 15.2. The largest absolute Gasteiger partial charge is 0.351 e. The van der Waals surface area contributed by atoms with Gasteiger partial charge in [-0.05, 0) is 73.8 Å². The maximum absolute atomic E-state index is 12.6. The molecule has 130 valence electrons. The molecule has 0 aliphatic heterocycles. The van der Waals surface area contributed by atoms with Crippen LogP contribution in [0.25, 0.3) is 5.82 Å². The minimum Gasteiger partial charge on any atom is -0.351 e. The Kier molecular flexibility index (Phi) is 3.43. The van der Waals surface area contributed by atoms with Crippen molar-refractivity contribution in [1.82, 2.24) is 19.9 Å². The lowest BCUT2D eigenvalue weighted by Gasteiger charge is -2.56. The fourth-order valence-corrected chi connectivity index (χ4v) is 5.94. The number of rotatable bonds is 4. The normalized spacial score (nSPS) is 32.7. The topological polar surface area (TPSA) is 59.8 Å². The van der Waals surface area contributed by atoms with Crippen molar-refractivity contribution >= 4 is 5.91 Å². The summed E-state index contributed by atoms with van der Waals surface area (Å²) in [5, 5.41) is 3.21. The zero-order valence-electron chi connectivity index (χ0n) is 14.4. The molecule has 4 fully saturated rings. The van der Waals surface area contributed by atoms with Crippen LogP contribution in [0.2, 0.25) is 0 Å². The Bertz CT molecular complexity index is 730. The quantitative estimate of drug-likeness (QED) is 0.932. The number of nitrogens with one attached hydrogen (secondary N) is 1. The van der Waals surface area contributed by atoms with Gasteiger partial charge in [0.05, 0.1) is 5.56 Å². The van der Waals surface area contributed by atoms with E-state index in [2.05, 4.69) is 15.3 Å². The van der Waals surface area contributed by atoms with E-state index in [4.69, 9.17) is 0 Å². The summed E-state index contributed by atoms with van der Waals surface area (Å²) in [5.41, 5.74) is 1.00. The van der Waals surface area contributed by atoms with E-state index in [-0.39, 0.29) is 5.91 Å². The zero-order valence-corrected chi connectivity index (χ0v) is 14.4. The van der Waals surface area contributed by atoms with E-state index in [9.17, 15) is 4.79 Å². The van der Waals surface area contributed by atoms with Crippen molar-refractivity contribution in [1.29, 1.82) is 0 Å². The lowest BCUT2D eigenvalue weighted by Crippen LogP contribution is -2.51. The smallest absolute Gasteiger partial charge is 0.252 e. The minimum atomic E-state index is 0.000395. The molecule has 5 heteroatoms. The molecule has 4 aliphatic rings. The van der Waals surface area contributed by atoms with Crippen LogP contribution in [0.1, 0.15) is 48.9 Å². The van der Waals surface area contributed by atoms with Crippen molar-refractivity contribution < 1.29 is 4.79 Å². The summed E-state index contributed by atoms with van der Waals surface area (Å²) >= 11 is 0. The Balaban J connectivity index is 1.25. The molecule has 1 N–H and O–H groups in total. The number of nitrogens with zero attached hydrogens (tertiary/aromatic N) is 3. The van der Waals surface area contributed by atoms with E-state index in [1.54, 1.807) is 18.7 Å². The summed E-state index contributed by atoms with van der Waals surface area (Å²) in [7, 11) is 0. The predicted molar refractivity (Wildman–Crippen MR) is 94.3 cm³/mol. The number of aromatic nitrogens is 3. The average molecular weight is 336 g/mol. The Morgan fingerprint density at radius 2 is 1.88 bits per heavy atom. The van der Waals surface area contributed by atoms with Crippen molar-refractivity contribution in [3.05, 3.63) is 42.6 Å². The van der Waals surface area contributed by atoms with Gasteiger partial charge in [0.2, 0.25) is 0 Å². The second kappa shape index (κ2) is 5.68. The summed E-state index contributed by atoms with van der Waals surface area (Å²) in [6, 6.07) is 3.71. The zero-order chi connectivity index (χ0) is 16.9. The van der Waals surface area contributed by atoms with E-state index in [1.165, 1.54) is 38.5 Å². The van der Waals surface area contributed by atoms with Crippen LogP contribution in [0.4, 0.5) is 0 Å². The summed E-state index contributed by atoms with van der Waals surface area (Å²) in [5.74, 6) is 3.52. The predicted octanol–water partition coefficient (Wildman–Crippen LogP) is 3.21. The van der Waals surface area contributed by atoms with Gasteiger partial charge in [-0.25, -0.2) is 9.97 Å². The van der Waals surface area contributed by atoms with Gasteiger partial charge in [0.25, 0.3) is 5.91 Å². The second-order valence-electron chi connectivity index (χ2n) is 8.48. The Hall–Kier alpha value is -2.17. The molecule has 0 aromatic carbocycles. The minimum absolute atomic E-state index is 0.000395. The van der Waals surface area contributed by atoms with Crippen LogP contribution < -0.4 is 5.32 Å². The van der Waals surface area contributed by atoms with Crippen LogP contribution in [0.15, 0.2) is 37.1 Å². The van der Waals surface area contributed by atoms with E-state index < -0.39 is 0 Å². The van der Waals surface area contributed by atoms with Gasteiger partial charge < -0.3 is 5.32 Å². The molecule has 0 atom stereocenters. The average Bonchev–Trinajstić information content (AvgIpc) is 3.13. The van der Waals surface area contributed by atoms with Gasteiger partial charge in [-0.1, -0.05) is 0 Å². The molecule has 4 saturated carbocycles. The number of hydrogen-bond donors (Lipinski definition) is 1. The number of pyridine rings is 1. The molecule has 1 amide bonds. The number of carbonyl (C=O) groups excluding carboxylic acids is 1. The molecular formula is C20H24N4O. The van der Waals surface area contributed by atoms with E-state index >= 15 is 0 Å². The lowest BCUT2D eigenvalue weighted by atomic mass is 9.49. The summed E-state index contributed by atoms with van der Waals surface area (Å²) < 4.78 is 1.83. The molecule has 2 aromatic heterocycles. The Morgan fingerprint density at radius 1 is 1.16 bits per heavy atom. The van der Waals surface area contributed by atoms with E-state index in [1.807, 2.05) is 22.9 Å². The second-order valence-corrected chi connectivity index (χ2v) is 8.48. The standard InChI is InChI=1S/C20H24N4O/c25-19(17-1-2-18(22-11-17)24-4-3-21-13-24)23-12-20-8-14-5-15(9-20)7-16(6-14)10-20/h1-4,11,13-16H,5-10,12H2,(H,23,25). The van der Waals surface area contributed by atoms with Crippen LogP contribution in [0.5, 0.6) is 0 Å². The lowest BCUT2D eigenvalue weighted by molar-refractivity contribution is -0.0503. The fraction of sp³-hybridized carbons (Fsp3) is 0.550. The van der Waals surface area contributed by atoms with Crippen molar-refractivity contribution in [2.24, 2.45) is 23.2 Å². The summed E-state index contributed by atoms with van der Waals surface area (Å²) in [4.78, 5) is 21.0. The van der Waals surface area contributed by atoms with Gasteiger partial charge in [-0.2, -0.15) is 0 Å². The first-order valence-electron chi connectivity index (χ1n) is 9.42. The van der Waals surface area contributed by atoms with Gasteiger partial charge in [0, 0.05) is 25.1 Å². The molecule has 0 saturated heterocycles. The van der Waals surface area contributed by atoms with Gasteiger partial charge in [-0.3, -0.25) is 9.36 Å². The molecule has 0 radical (unpaired) electrons. The highest BCUT2D eigenvalue weighted by Gasteiger charge is 2.50. The molecule has 2 aromatic rings. The first kappa shape index (κ1) is 15.1. The van der Waals surface area contributed by atoms with Crippen LogP contribution in [-0.4, -0.2) is 27.0 Å². The fourth-order valence-electron chi connectivity index (χ4n) is 5.94. The van der Waals surface area contributed by atoms with Crippen molar-refractivity contribution in [3.8, 4) is 5.82 Å². The summed E-state index contributed by atoms with van der Waals surface area (Å²) in [6.45, 7) is 0.832. The number of amides is 1. The number of hydrogen-bond acceptors (Lipinski definition) is 3. The van der Waals surface area contributed by atoms with E-state index in [0.717, 1.165) is 30.1 Å². The highest BCUT2D eigenvalue weighted by molar-refractivity contribution is 5.93. The molecule has 4 aliphatic carbocycles. The molecule has 4 bridgehead atoms. The van der Waals surface area contributed by atoms with E-state index in [0.29, 0.717) is 11.0 Å². The molecule has 25 heavy (non-hydrogen) atoms.